The van der Waals surface area contributed by atoms with Crippen molar-refractivity contribution < 1.29 is 14.2 Å². The standard InChI is InChI=1S/C27H32ClN7O3/c1-36-23-18-20(17-22(28)24(23)38-16-15-37-21-9-3-2-4-10-21)19-29-33-25-30-26(34-11-5-6-12-34)32-27(31-25)35-13-7-8-14-35/h2-4,9-10,17-19H,5-8,11-16H2,1H3,(H,30,31,32,33). The first kappa shape index (κ1) is 25.8. The van der Waals surface area contributed by atoms with Crippen molar-refractivity contribution in [2.45, 2.75) is 25.7 Å². The van der Waals surface area contributed by atoms with E-state index in [4.69, 9.17) is 30.8 Å². The lowest BCUT2D eigenvalue weighted by molar-refractivity contribution is 0.211. The number of ether oxygens (including phenoxy) is 3. The number of nitrogens with zero attached hydrogens (tertiary/aromatic N) is 6. The third-order valence-electron chi connectivity index (χ3n) is 6.36. The van der Waals surface area contributed by atoms with E-state index in [1.54, 1.807) is 19.4 Å². The van der Waals surface area contributed by atoms with Crippen LogP contribution in [0.4, 0.5) is 17.8 Å². The zero-order chi connectivity index (χ0) is 26.2. The average Bonchev–Trinajstić information content (AvgIpc) is 3.67. The molecule has 2 aromatic carbocycles. The van der Waals surface area contributed by atoms with Crippen molar-refractivity contribution >= 4 is 35.7 Å². The van der Waals surface area contributed by atoms with Gasteiger partial charge in [0.25, 0.3) is 0 Å². The highest BCUT2D eigenvalue weighted by atomic mass is 35.5. The highest BCUT2D eigenvalue weighted by molar-refractivity contribution is 6.32. The smallest absolute Gasteiger partial charge is 0.250 e. The van der Waals surface area contributed by atoms with Crippen LogP contribution in [-0.4, -0.2) is 67.7 Å². The van der Waals surface area contributed by atoms with Gasteiger partial charge in [-0.25, -0.2) is 5.43 Å². The summed E-state index contributed by atoms with van der Waals surface area (Å²) in [6, 6.07) is 13.1. The summed E-state index contributed by atoms with van der Waals surface area (Å²) in [5.74, 6) is 3.55. The molecular weight excluding hydrogens is 506 g/mol. The zero-order valence-electron chi connectivity index (χ0n) is 21.5. The Morgan fingerprint density at radius 1 is 0.895 bits per heavy atom. The highest BCUT2D eigenvalue weighted by Crippen LogP contribution is 2.36. The summed E-state index contributed by atoms with van der Waals surface area (Å²) in [6.07, 6.45) is 6.23. The molecule has 38 heavy (non-hydrogen) atoms. The van der Waals surface area contributed by atoms with Crippen LogP contribution in [0.1, 0.15) is 31.2 Å². The molecule has 2 saturated heterocycles. The average molecular weight is 538 g/mol. The largest absolute Gasteiger partial charge is 0.493 e. The van der Waals surface area contributed by atoms with Gasteiger partial charge < -0.3 is 24.0 Å². The number of anilines is 3. The van der Waals surface area contributed by atoms with Crippen LogP contribution in [0.15, 0.2) is 47.6 Å². The van der Waals surface area contributed by atoms with Gasteiger partial charge in [-0.3, -0.25) is 0 Å². The van der Waals surface area contributed by atoms with Crippen molar-refractivity contribution in [1.29, 1.82) is 0 Å². The lowest BCUT2D eigenvalue weighted by Gasteiger charge is -2.20. The number of nitrogens with one attached hydrogen (secondary N) is 1. The molecule has 2 aliphatic rings. The van der Waals surface area contributed by atoms with Crippen molar-refractivity contribution in [2.75, 3.05) is 61.7 Å². The molecule has 3 heterocycles. The van der Waals surface area contributed by atoms with Crippen LogP contribution in [0.3, 0.4) is 0 Å². The Kier molecular flexibility index (Phi) is 8.60. The van der Waals surface area contributed by atoms with Crippen LogP contribution in [-0.2, 0) is 0 Å². The Morgan fingerprint density at radius 3 is 2.16 bits per heavy atom. The van der Waals surface area contributed by atoms with Crippen molar-refractivity contribution in [2.24, 2.45) is 5.10 Å². The number of rotatable bonds is 11. The van der Waals surface area contributed by atoms with Gasteiger partial charge in [0.2, 0.25) is 17.8 Å². The van der Waals surface area contributed by atoms with Crippen LogP contribution >= 0.6 is 11.6 Å². The summed E-state index contributed by atoms with van der Waals surface area (Å²) in [5.41, 5.74) is 3.71. The molecule has 0 unspecified atom stereocenters. The number of hydrogen-bond acceptors (Lipinski definition) is 10. The fourth-order valence-corrected chi connectivity index (χ4v) is 4.73. The van der Waals surface area contributed by atoms with Crippen LogP contribution in [0.5, 0.6) is 17.2 Å². The first-order chi connectivity index (χ1) is 18.7. The molecule has 3 aromatic rings. The summed E-state index contributed by atoms with van der Waals surface area (Å²) >= 11 is 6.52. The van der Waals surface area contributed by atoms with Gasteiger partial charge in [0.1, 0.15) is 19.0 Å². The SMILES string of the molecule is COc1cc(C=NNc2nc(N3CCCC3)nc(N3CCCC3)n2)cc(Cl)c1OCCOc1ccccc1. The number of hydrogen-bond donors (Lipinski definition) is 1. The number of para-hydroxylation sites is 1. The van der Waals surface area contributed by atoms with Crippen molar-refractivity contribution in [3.8, 4) is 17.2 Å². The van der Waals surface area contributed by atoms with E-state index in [2.05, 4.69) is 30.3 Å². The Balaban J connectivity index is 1.24. The number of halogens is 1. The van der Waals surface area contributed by atoms with Gasteiger partial charge in [0.15, 0.2) is 11.5 Å². The van der Waals surface area contributed by atoms with Gasteiger partial charge in [-0.15, -0.1) is 0 Å². The minimum atomic E-state index is 0.318. The number of methoxy groups -OCH3 is 1. The van der Waals surface area contributed by atoms with E-state index in [1.165, 1.54) is 0 Å². The van der Waals surface area contributed by atoms with E-state index in [9.17, 15) is 0 Å². The van der Waals surface area contributed by atoms with Gasteiger partial charge in [0.05, 0.1) is 18.3 Å². The van der Waals surface area contributed by atoms with E-state index in [0.29, 0.717) is 47.6 Å². The molecule has 0 atom stereocenters. The minimum Gasteiger partial charge on any atom is -0.493 e. The highest BCUT2D eigenvalue weighted by Gasteiger charge is 2.21. The summed E-state index contributed by atoms with van der Waals surface area (Å²) in [6.45, 7) is 4.52. The molecule has 0 spiro atoms. The van der Waals surface area contributed by atoms with Gasteiger partial charge in [0, 0.05) is 26.2 Å². The molecule has 1 aromatic heterocycles. The van der Waals surface area contributed by atoms with Gasteiger partial charge in [-0.05, 0) is 55.5 Å². The second-order valence-electron chi connectivity index (χ2n) is 9.06. The van der Waals surface area contributed by atoms with Gasteiger partial charge >= 0.3 is 0 Å². The predicted molar refractivity (Wildman–Crippen MR) is 149 cm³/mol. The summed E-state index contributed by atoms with van der Waals surface area (Å²) < 4.78 is 17.1. The molecule has 10 nitrogen and oxygen atoms in total. The van der Waals surface area contributed by atoms with Crippen molar-refractivity contribution in [1.82, 2.24) is 15.0 Å². The van der Waals surface area contributed by atoms with E-state index in [-0.39, 0.29) is 0 Å². The van der Waals surface area contributed by atoms with Crippen molar-refractivity contribution in [3.63, 3.8) is 0 Å². The molecule has 0 aliphatic carbocycles. The van der Waals surface area contributed by atoms with Crippen LogP contribution in [0.2, 0.25) is 5.02 Å². The Labute approximate surface area is 227 Å². The molecule has 0 radical (unpaired) electrons. The molecule has 2 fully saturated rings. The van der Waals surface area contributed by atoms with Gasteiger partial charge in [-0.2, -0.15) is 20.1 Å². The molecule has 11 heteroatoms. The molecule has 1 N–H and O–H groups in total. The second-order valence-corrected chi connectivity index (χ2v) is 9.47. The van der Waals surface area contributed by atoms with Gasteiger partial charge in [-0.1, -0.05) is 29.8 Å². The Hall–Kier alpha value is -3.79. The molecule has 5 rings (SSSR count). The maximum absolute atomic E-state index is 6.52. The number of hydrazone groups is 1. The molecule has 0 bridgehead atoms. The van der Waals surface area contributed by atoms with E-state index in [0.717, 1.165) is 63.2 Å². The third-order valence-corrected chi connectivity index (χ3v) is 6.64. The van der Waals surface area contributed by atoms with E-state index in [1.807, 2.05) is 36.4 Å². The molecule has 0 saturated carbocycles. The fraction of sp³-hybridized carbons (Fsp3) is 0.407. The molecular formula is C27H32ClN7O3. The maximum Gasteiger partial charge on any atom is 0.250 e. The topological polar surface area (TPSA) is 97.2 Å². The Morgan fingerprint density at radius 2 is 1.53 bits per heavy atom. The second kappa shape index (κ2) is 12.6. The third kappa shape index (κ3) is 6.55. The number of aromatic nitrogens is 3. The monoisotopic (exact) mass is 537 g/mol. The fourth-order valence-electron chi connectivity index (χ4n) is 4.46. The first-order valence-corrected chi connectivity index (χ1v) is 13.3. The lowest BCUT2D eigenvalue weighted by Crippen LogP contribution is -2.25. The molecule has 200 valence electrons. The zero-order valence-corrected chi connectivity index (χ0v) is 22.2. The van der Waals surface area contributed by atoms with E-state index < -0.39 is 0 Å². The van der Waals surface area contributed by atoms with Crippen LogP contribution in [0, 0.1) is 0 Å². The van der Waals surface area contributed by atoms with Crippen LogP contribution in [0.25, 0.3) is 0 Å². The maximum atomic E-state index is 6.52. The Bertz CT molecular complexity index is 1200. The minimum absolute atomic E-state index is 0.318. The molecule has 0 amide bonds. The normalized spacial score (nSPS) is 15.3. The predicted octanol–water partition coefficient (Wildman–Crippen LogP) is 4.64. The summed E-state index contributed by atoms with van der Waals surface area (Å²) in [7, 11) is 1.57. The van der Waals surface area contributed by atoms with Crippen LogP contribution < -0.4 is 29.4 Å². The lowest BCUT2D eigenvalue weighted by atomic mass is 10.2. The van der Waals surface area contributed by atoms with E-state index >= 15 is 0 Å². The summed E-state index contributed by atoms with van der Waals surface area (Å²) in [4.78, 5) is 18.4. The first-order valence-electron chi connectivity index (χ1n) is 12.9. The number of benzene rings is 2. The molecule has 2 aliphatic heterocycles. The quantitative estimate of drug-likeness (QED) is 0.213. The van der Waals surface area contributed by atoms with Crippen molar-refractivity contribution in [3.05, 3.63) is 53.1 Å². The summed E-state index contributed by atoms with van der Waals surface area (Å²) in [5, 5.41) is 4.78.